The number of aromatic nitrogens is 1. The Kier molecular flexibility index (Phi) is 5.05. The monoisotopic (exact) mass is 393 g/mol. The summed E-state index contributed by atoms with van der Waals surface area (Å²) in [5.41, 5.74) is 3.62. The molecule has 0 aliphatic rings. The Morgan fingerprint density at radius 1 is 1.04 bits per heavy atom. The number of hydrogen-bond donors (Lipinski definition) is 2. The molecule has 4 rings (SSSR count). The zero-order valence-electron chi connectivity index (χ0n) is 14.3. The number of amides is 1. The summed E-state index contributed by atoms with van der Waals surface area (Å²) in [6.07, 6.45) is 1.81. The van der Waals surface area contributed by atoms with Crippen LogP contribution < -0.4 is 10.6 Å². The van der Waals surface area contributed by atoms with E-state index in [0.29, 0.717) is 22.1 Å². The lowest BCUT2D eigenvalue weighted by Gasteiger charge is -2.10. The van der Waals surface area contributed by atoms with Crippen LogP contribution in [0.15, 0.2) is 72.2 Å². The second-order valence-corrected chi connectivity index (χ2v) is 7.32. The lowest BCUT2D eigenvalue weighted by molar-refractivity contribution is 0.103. The maximum absolute atomic E-state index is 12.6. The largest absolute Gasteiger partial charge is 0.380 e. The maximum atomic E-state index is 12.6. The average Bonchev–Trinajstić information content (AvgIpc) is 3.17. The molecule has 0 fully saturated rings. The van der Waals surface area contributed by atoms with Crippen LogP contribution in [-0.4, -0.2) is 10.9 Å². The summed E-state index contributed by atoms with van der Waals surface area (Å²) in [6.45, 7) is 0.612. The number of halogens is 1. The van der Waals surface area contributed by atoms with Crippen molar-refractivity contribution in [3.05, 3.63) is 87.7 Å². The first-order valence-electron chi connectivity index (χ1n) is 8.41. The van der Waals surface area contributed by atoms with E-state index < -0.39 is 0 Å². The van der Waals surface area contributed by atoms with Gasteiger partial charge in [0.05, 0.1) is 11.2 Å². The predicted molar refractivity (Wildman–Crippen MR) is 113 cm³/mol. The first-order valence-corrected chi connectivity index (χ1v) is 9.67. The number of carbonyl (C=O) groups is 1. The molecule has 0 spiro atoms. The molecule has 1 amide bonds. The van der Waals surface area contributed by atoms with Crippen LogP contribution in [0.1, 0.15) is 15.2 Å². The van der Waals surface area contributed by atoms with Crippen molar-refractivity contribution in [2.24, 2.45) is 0 Å². The van der Waals surface area contributed by atoms with E-state index in [4.69, 9.17) is 11.6 Å². The van der Waals surface area contributed by atoms with Crippen LogP contribution in [0.25, 0.3) is 10.9 Å². The summed E-state index contributed by atoms with van der Waals surface area (Å²) < 4.78 is 0. The summed E-state index contributed by atoms with van der Waals surface area (Å²) in [5.74, 6) is -0.144. The molecule has 0 aliphatic heterocycles. The number of thiophene rings is 1. The number of carbonyl (C=O) groups excluding carboxylic acids is 1. The topological polar surface area (TPSA) is 54.0 Å². The molecule has 4 aromatic rings. The Morgan fingerprint density at radius 3 is 2.70 bits per heavy atom. The highest BCUT2D eigenvalue weighted by atomic mass is 35.5. The maximum Gasteiger partial charge on any atom is 0.267 e. The minimum Gasteiger partial charge on any atom is -0.380 e. The van der Waals surface area contributed by atoms with Gasteiger partial charge in [-0.2, -0.15) is 0 Å². The lowest BCUT2D eigenvalue weighted by atomic mass is 10.1. The molecule has 0 saturated carbocycles. The number of pyridine rings is 1. The minimum atomic E-state index is -0.144. The second-order valence-electron chi connectivity index (χ2n) is 5.97. The highest BCUT2D eigenvalue weighted by Crippen LogP contribution is 2.25. The Balaban J connectivity index is 1.50. The van der Waals surface area contributed by atoms with Crippen molar-refractivity contribution < 1.29 is 4.79 Å². The number of benzene rings is 2. The molecule has 0 bridgehead atoms. The highest BCUT2D eigenvalue weighted by Gasteiger charge is 2.14. The fraction of sp³-hybridized carbons (Fsp3) is 0.0476. The summed E-state index contributed by atoms with van der Waals surface area (Å²) in [4.78, 5) is 17.6. The zero-order chi connectivity index (χ0) is 18.6. The molecule has 134 valence electrons. The van der Waals surface area contributed by atoms with E-state index in [1.807, 2.05) is 35.7 Å². The molecule has 2 heterocycles. The minimum absolute atomic E-state index is 0.144. The van der Waals surface area contributed by atoms with Crippen LogP contribution in [0.3, 0.4) is 0 Å². The van der Waals surface area contributed by atoms with E-state index in [-0.39, 0.29) is 5.91 Å². The number of nitrogens with zero attached hydrogens (tertiary/aromatic N) is 1. The SMILES string of the molecule is O=C(Nc1ccc(Cl)cc1)c1sccc1NCc1ccnc2ccccc12. The van der Waals surface area contributed by atoms with Crippen molar-refractivity contribution in [3.63, 3.8) is 0 Å². The molecule has 2 aromatic heterocycles. The van der Waals surface area contributed by atoms with Gasteiger partial charge in [0.15, 0.2) is 0 Å². The Hall–Kier alpha value is -2.89. The van der Waals surface area contributed by atoms with Crippen LogP contribution in [0, 0.1) is 0 Å². The Labute approximate surface area is 165 Å². The van der Waals surface area contributed by atoms with Crippen LogP contribution in [0.5, 0.6) is 0 Å². The molecule has 0 saturated heterocycles. The van der Waals surface area contributed by atoms with Gasteiger partial charge in [0, 0.05) is 28.8 Å². The first-order chi connectivity index (χ1) is 13.2. The van der Waals surface area contributed by atoms with Gasteiger partial charge < -0.3 is 10.6 Å². The molecule has 0 radical (unpaired) electrons. The standard InChI is InChI=1S/C21H16ClN3OS/c22-15-5-7-16(8-6-15)25-21(26)20-19(10-12-27-20)24-13-14-9-11-23-18-4-2-1-3-17(14)18/h1-12,24H,13H2,(H,25,26). The third-order valence-corrected chi connectivity index (χ3v) is 5.35. The van der Waals surface area contributed by atoms with Gasteiger partial charge >= 0.3 is 0 Å². The van der Waals surface area contributed by atoms with Gasteiger partial charge in [-0.25, -0.2) is 0 Å². The van der Waals surface area contributed by atoms with Gasteiger partial charge in [-0.1, -0.05) is 29.8 Å². The normalized spacial score (nSPS) is 10.7. The molecular weight excluding hydrogens is 378 g/mol. The lowest BCUT2D eigenvalue weighted by Crippen LogP contribution is -2.12. The highest BCUT2D eigenvalue weighted by molar-refractivity contribution is 7.12. The van der Waals surface area contributed by atoms with E-state index >= 15 is 0 Å². The van der Waals surface area contributed by atoms with Gasteiger partial charge in [-0.3, -0.25) is 9.78 Å². The van der Waals surface area contributed by atoms with E-state index in [9.17, 15) is 4.79 Å². The van der Waals surface area contributed by atoms with Crippen LogP contribution in [0.2, 0.25) is 5.02 Å². The van der Waals surface area contributed by atoms with E-state index in [2.05, 4.69) is 21.7 Å². The van der Waals surface area contributed by atoms with E-state index in [1.165, 1.54) is 11.3 Å². The molecule has 27 heavy (non-hydrogen) atoms. The third kappa shape index (κ3) is 3.94. The molecule has 0 aliphatic carbocycles. The van der Waals surface area contributed by atoms with Gasteiger partial charge in [0.2, 0.25) is 0 Å². The van der Waals surface area contributed by atoms with Crippen LogP contribution in [-0.2, 0) is 6.54 Å². The Morgan fingerprint density at radius 2 is 1.85 bits per heavy atom. The number of nitrogens with one attached hydrogen (secondary N) is 2. The number of para-hydroxylation sites is 1. The Bertz CT molecular complexity index is 1090. The molecule has 2 aromatic carbocycles. The first kappa shape index (κ1) is 17.5. The van der Waals surface area contributed by atoms with E-state index in [0.717, 1.165) is 22.2 Å². The van der Waals surface area contributed by atoms with Crippen molar-refractivity contribution in [3.8, 4) is 0 Å². The van der Waals surface area contributed by atoms with Crippen molar-refractivity contribution in [2.45, 2.75) is 6.54 Å². The predicted octanol–water partition coefficient (Wildman–Crippen LogP) is 5.81. The van der Waals surface area contributed by atoms with Crippen molar-refractivity contribution in [1.29, 1.82) is 0 Å². The molecule has 0 unspecified atom stereocenters. The summed E-state index contributed by atoms with van der Waals surface area (Å²) in [7, 11) is 0. The number of hydrogen-bond acceptors (Lipinski definition) is 4. The number of anilines is 2. The van der Waals surface area contributed by atoms with Gasteiger partial charge in [0.25, 0.3) is 5.91 Å². The van der Waals surface area contributed by atoms with Gasteiger partial charge in [-0.05, 0) is 53.4 Å². The summed E-state index contributed by atoms with van der Waals surface area (Å²) in [6, 6.07) is 19.0. The van der Waals surface area contributed by atoms with Crippen molar-refractivity contribution in [2.75, 3.05) is 10.6 Å². The van der Waals surface area contributed by atoms with Crippen LogP contribution >= 0.6 is 22.9 Å². The van der Waals surface area contributed by atoms with Crippen molar-refractivity contribution in [1.82, 2.24) is 4.98 Å². The van der Waals surface area contributed by atoms with Crippen molar-refractivity contribution >= 4 is 51.1 Å². The van der Waals surface area contributed by atoms with Gasteiger partial charge in [-0.15, -0.1) is 11.3 Å². The third-order valence-electron chi connectivity index (χ3n) is 4.18. The fourth-order valence-corrected chi connectivity index (χ4v) is 3.74. The smallest absolute Gasteiger partial charge is 0.267 e. The van der Waals surface area contributed by atoms with Gasteiger partial charge in [0.1, 0.15) is 4.88 Å². The molecule has 4 nitrogen and oxygen atoms in total. The summed E-state index contributed by atoms with van der Waals surface area (Å²) >= 11 is 7.29. The average molecular weight is 394 g/mol. The molecular formula is C21H16ClN3OS. The fourth-order valence-electron chi connectivity index (χ4n) is 2.85. The summed E-state index contributed by atoms with van der Waals surface area (Å²) in [5, 5.41) is 9.93. The quantitative estimate of drug-likeness (QED) is 0.449. The van der Waals surface area contributed by atoms with Crippen LogP contribution in [0.4, 0.5) is 11.4 Å². The molecule has 2 N–H and O–H groups in total. The number of rotatable bonds is 5. The van der Waals surface area contributed by atoms with E-state index in [1.54, 1.807) is 30.5 Å². The molecule has 0 atom stereocenters. The molecule has 6 heteroatoms. The number of fused-ring (bicyclic) bond motifs is 1. The second kappa shape index (κ2) is 7.78. The zero-order valence-corrected chi connectivity index (χ0v) is 15.8.